The first-order chi connectivity index (χ1) is 10.8. The topological polar surface area (TPSA) is 109 Å². The van der Waals surface area contributed by atoms with Gasteiger partial charge in [-0.25, -0.2) is 0 Å². The average Bonchev–Trinajstić information content (AvgIpc) is 2.74. The Hall–Kier alpha value is -1.71. The molecule has 0 aromatic heterocycles. The van der Waals surface area contributed by atoms with Gasteiger partial charge in [0.1, 0.15) is 12.7 Å². The standard InChI is InChI=1S/C14H23NO8/c1-8(16)20-7-11-12(21-9(2)17)13(22-10(3)18)14(23-11)19-6-5-15-4/h11-15H,5-7H2,1-4H3/t11?,12-,13-,14-/m1/s1. The molecule has 1 aliphatic heterocycles. The van der Waals surface area contributed by atoms with E-state index in [4.69, 9.17) is 23.7 Å². The van der Waals surface area contributed by atoms with Crippen LogP contribution in [0.25, 0.3) is 0 Å². The van der Waals surface area contributed by atoms with Gasteiger partial charge in [0.15, 0.2) is 18.5 Å². The van der Waals surface area contributed by atoms with Crippen LogP contribution in [0.5, 0.6) is 0 Å². The lowest BCUT2D eigenvalue weighted by Crippen LogP contribution is -2.42. The molecule has 4 atom stereocenters. The third kappa shape index (κ3) is 6.51. The van der Waals surface area contributed by atoms with Crippen LogP contribution in [-0.4, -0.2) is 69.3 Å². The van der Waals surface area contributed by atoms with E-state index in [0.717, 1.165) is 0 Å². The zero-order valence-electron chi connectivity index (χ0n) is 13.7. The SMILES string of the molecule is CNCCO[C@@H]1OC(COC(C)=O)[C@@H](OC(C)=O)[C@H]1OC(C)=O. The van der Waals surface area contributed by atoms with Crippen molar-refractivity contribution in [2.45, 2.75) is 45.4 Å². The first-order valence-corrected chi connectivity index (χ1v) is 7.24. The summed E-state index contributed by atoms with van der Waals surface area (Å²) in [6.07, 6.45) is -3.56. The Labute approximate surface area is 134 Å². The van der Waals surface area contributed by atoms with E-state index >= 15 is 0 Å². The van der Waals surface area contributed by atoms with Gasteiger partial charge in [-0.3, -0.25) is 14.4 Å². The fraction of sp³-hybridized carbons (Fsp3) is 0.786. The third-order valence-electron chi connectivity index (χ3n) is 2.96. The average molecular weight is 333 g/mol. The Morgan fingerprint density at radius 2 is 1.61 bits per heavy atom. The summed E-state index contributed by atoms with van der Waals surface area (Å²) in [7, 11) is 1.76. The highest BCUT2D eigenvalue weighted by Gasteiger charge is 2.50. The predicted octanol–water partition coefficient (Wildman–Crippen LogP) is -0.626. The van der Waals surface area contributed by atoms with Crippen LogP contribution in [0.15, 0.2) is 0 Å². The van der Waals surface area contributed by atoms with E-state index in [2.05, 4.69) is 5.32 Å². The Morgan fingerprint density at radius 3 is 2.13 bits per heavy atom. The number of hydrogen-bond acceptors (Lipinski definition) is 9. The van der Waals surface area contributed by atoms with E-state index in [1.54, 1.807) is 7.05 Å². The molecule has 0 aromatic rings. The minimum absolute atomic E-state index is 0.142. The fourth-order valence-corrected chi connectivity index (χ4v) is 2.09. The van der Waals surface area contributed by atoms with Crippen LogP contribution in [0.1, 0.15) is 20.8 Å². The summed E-state index contributed by atoms with van der Waals surface area (Å²) in [6, 6.07) is 0. The van der Waals surface area contributed by atoms with Crippen LogP contribution in [0, 0.1) is 0 Å². The number of carbonyl (C=O) groups excluding carboxylic acids is 3. The number of esters is 3. The van der Waals surface area contributed by atoms with E-state index in [-0.39, 0.29) is 6.61 Å². The Balaban J connectivity index is 2.84. The normalized spacial score (nSPS) is 26.6. The molecular weight excluding hydrogens is 310 g/mol. The smallest absolute Gasteiger partial charge is 0.303 e. The molecule has 1 heterocycles. The van der Waals surface area contributed by atoms with Crippen LogP contribution >= 0.6 is 0 Å². The molecule has 0 spiro atoms. The van der Waals surface area contributed by atoms with Crippen LogP contribution in [0.2, 0.25) is 0 Å². The first-order valence-electron chi connectivity index (χ1n) is 7.24. The maximum atomic E-state index is 11.3. The van der Waals surface area contributed by atoms with Crippen molar-refractivity contribution in [3.63, 3.8) is 0 Å². The second-order valence-corrected chi connectivity index (χ2v) is 4.97. The molecule has 0 aliphatic carbocycles. The van der Waals surface area contributed by atoms with Gasteiger partial charge in [-0.2, -0.15) is 0 Å². The molecule has 0 aromatic carbocycles. The van der Waals surface area contributed by atoms with E-state index in [1.165, 1.54) is 20.8 Å². The predicted molar refractivity (Wildman–Crippen MR) is 76.3 cm³/mol. The van der Waals surface area contributed by atoms with Gasteiger partial charge in [0.25, 0.3) is 0 Å². The summed E-state index contributed by atoms with van der Waals surface area (Å²) >= 11 is 0. The molecule has 1 aliphatic rings. The van der Waals surface area contributed by atoms with Crippen LogP contribution < -0.4 is 5.32 Å². The zero-order chi connectivity index (χ0) is 17.4. The minimum atomic E-state index is -0.936. The molecule has 1 fully saturated rings. The molecule has 23 heavy (non-hydrogen) atoms. The Bertz CT molecular complexity index is 427. The molecule has 0 radical (unpaired) electrons. The van der Waals surface area contributed by atoms with Crippen LogP contribution in [0.4, 0.5) is 0 Å². The molecule has 1 unspecified atom stereocenters. The number of likely N-dealkylation sites (N-methyl/N-ethyl adjacent to an activating group) is 1. The van der Waals surface area contributed by atoms with Gasteiger partial charge in [0, 0.05) is 27.3 Å². The van der Waals surface area contributed by atoms with Gasteiger partial charge in [0.2, 0.25) is 0 Å². The van der Waals surface area contributed by atoms with Crippen molar-refractivity contribution in [3.8, 4) is 0 Å². The number of ether oxygens (including phenoxy) is 5. The molecule has 1 saturated heterocycles. The fourth-order valence-electron chi connectivity index (χ4n) is 2.09. The molecule has 9 heteroatoms. The molecule has 1 rings (SSSR count). The van der Waals surface area contributed by atoms with Crippen LogP contribution in [-0.2, 0) is 38.1 Å². The summed E-state index contributed by atoms with van der Waals surface area (Å²) in [4.78, 5) is 33.6. The lowest BCUT2D eigenvalue weighted by atomic mass is 10.1. The Morgan fingerprint density at radius 1 is 1.00 bits per heavy atom. The molecule has 9 nitrogen and oxygen atoms in total. The van der Waals surface area contributed by atoms with E-state index in [9.17, 15) is 14.4 Å². The Kier molecular flexibility index (Phi) is 7.93. The van der Waals surface area contributed by atoms with Gasteiger partial charge in [-0.1, -0.05) is 0 Å². The van der Waals surface area contributed by atoms with Gasteiger partial charge in [-0.05, 0) is 7.05 Å². The lowest BCUT2D eigenvalue weighted by Gasteiger charge is -2.23. The van der Waals surface area contributed by atoms with Crippen molar-refractivity contribution in [3.05, 3.63) is 0 Å². The molecule has 0 bridgehead atoms. The van der Waals surface area contributed by atoms with Crippen molar-refractivity contribution >= 4 is 17.9 Å². The highest BCUT2D eigenvalue weighted by atomic mass is 16.7. The molecule has 0 saturated carbocycles. The molecule has 1 N–H and O–H groups in total. The van der Waals surface area contributed by atoms with E-state index in [1.807, 2.05) is 0 Å². The molecule has 0 amide bonds. The lowest BCUT2D eigenvalue weighted by molar-refractivity contribution is -0.189. The number of carbonyl (C=O) groups is 3. The van der Waals surface area contributed by atoms with Crippen molar-refractivity contribution in [2.24, 2.45) is 0 Å². The zero-order valence-corrected chi connectivity index (χ0v) is 13.7. The third-order valence-corrected chi connectivity index (χ3v) is 2.96. The number of rotatable bonds is 8. The number of hydrogen-bond donors (Lipinski definition) is 1. The van der Waals surface area contributed by atoms with Crippen molar-refractivity contribution < 1.29 is 38.1 Å². The first kappa shape index (κ1) is 19.3. The van der Waals surface area contributed by atoms with Gasteiger partial charge >= 0.3 is 17.9 Å². The summed E-state index contributed by atoms with van der Waals surface area (Å²) in [5.74, 6) is -1.63. The van der Waals surface area contributed by atoms with Crippen LogP contribution in [0.3, 0.4) is 0 Å². The summed E-state index contributed by atoms with van der Waals surface area (Å²) in [6.45, 7) is 4.42. The van der Waals surface area contributed by atoms with E-state index in [0.29, 0.717) is 13.2 Å². The van der Waals surface area contributed by atoms with Crippen molar-refractivity contribution in [2.75, 3.05) is 26.8 Å². The molecular formula is C14H23NO8. The van der Waals surface area contributed by atoms with Crippen molar-refractivity contribution in [1.29, 1.82) is 0 Å². The number of nitrogens with one attached hydrogen (secondary N) is 1. The highest BCUT2D eigenvalue weighted by Crippen LogP contribution is 2.28. The highest BCUT2D eigenvalue weighted by molar-refractivity contribution is 5.67. The minimum Gasteiger partial charge on any atom is -0.463 e. The maximum absolute atomic E-state index is 11.3. The van der Waals surface area contributed by atoms with Gasteiger partial charge < -0.3 is 29.0 Å². The summed E-state index contributed by atoms with van der Waals surface area (Å²) in [5.41, 5.74) is 0. The van der Waals surface area contributed by atoms with Gasteiger partial charge in [0.05, 0.1) is 6.61 Å². The molecule has 132 valence electrons. The second kappa shape index (κ2) is 9.43. The quantitative estimate of drug-likeness (QED) is 0.353. The summed E-state index contributed by atoms with van der Waals surface area (Å²) in [5, 5.41) is 2.90. The maximum Gasteiger partial charge on any atom is 0.303 e. The van der Waals surface area contributed by atoms with Crippen molar-refractivity contribution in [1.82, 2.24) is 5.32 Å². The summed E-state index contributed by atoms with van der Waals surface area (Å²) < 4.78 is 26.4. The largest absolute Gasteiger partial charge is 0.463 e. The second-order valence-electron chi connectivity index (χ2n) is 4.97. The van der Waals surface area contributed by atoms with Gasteiger partial charge in [-0.15, -0.1) is 0 Å². The van der Waals surface area contributed by atoms with E-state index < -0.39 is 42.5 Å². The monoisotopic (exact) mass is 333 g/mol.